The Balaban J connectivity index is 1.61. The molecular weight excluding hydrogens is 390 g/mol. The molecule has 0 radical (unpaired) electrons. The third kappa shape index (κ3) is 4.60. The average Bonchev–Trinajstić information content (AvgIpc) is 3.08. The molecule has 0 N–H and O–H groups in total. The summed E-state index contributed by atoms with van der Waals surface area (Å²) in [7, 11) is -0.539. The Morgan fingerprint density at radius 3 is 2.70 bits per heavy atom. The highest BCUT2D eigenvalue weighted by molar-refractivity contribution is 7.99. The fraction of sp³-hybridized carbons (Fsp3) is 0.562. The normalized spacial score (nSPS) is 15.6. The second kappa shape index (κ2) is 8.55. The first-order valence-electron chi connectivity index (χ1n) is 8.65. The molecule has 0 saturated carbocycles. The van der Waals surface area contributed by atoms with E-state index in [4.69, 9.17) is 4.74 Å². The van der Waals surface area contributed by atoms with E-state index in [0.717, 1.165) is 0 Å². The van der Waals surface area contributed by atoms with Crippen molar-refractivity contribution in [3.63, 3.8) is 0 Å². The number of morpholine rings is 1. The number of hydrogen-bond donors (Lipinski definition) is 0. The van der Waals surface area contributed by atoms with Crippen LogP contribution < -0.4 is 0 Å². The first-order chi connectivity index (χ1) is 12.9. The fourth-order valence-electron chi connectivity index (χ4n) is 2.67. The molecule has 1 amide bonds. The zero-order valence-electron chi connectivity index (χ0n) is 15.4. The number of sulfonamides is 1. The summed E-state index contributed by atoms with van der Waals surface area (Å²) in [5.41, 5.74) is 0.583. The zero-order valence-corrected chi connectivity index (χ0v) is 17.0. The Kier molecular flexibility index (Phi) is 6.35. The van der Waals surface area contributed by atoms with E-state index in [9.17, 15) is 13.2 Å². The summed E-state index contributed by atoms with van der Waals surface area (Å²) in [4.78, 5) is 14.2. The van der Waals surface area contributed by atoms with Crippen LogP contribution in [0.2, 0.25) is 0 Å². The van der Waals surface area contributed by atoms with Gasteiger partial charge in [-0.2, -0.15) is 0 Å². The molecule has 0 unspecified atom stereocenters. The topological polar surface area (TPSA) is 97.1 Å². The number of aromatic nitrogens is 3. The molecular formula is C16H23N5O4S2. The molecule has 2 aromatic heterocycles. The van der Waals surface area contributed by atoms with Gasteiger partial charge in [0.25, 0.3) is 0 Å². The molecule has 27 heavy (non-hydrogen) atoms. The molecule has 1 saturated heterocycles. The van der Waals surface area contributed by atoms with Gasteiger partial charge in [0, 0.05) is 45.6 Å². The molecule has 3 rings (SSSR count). The van der Waals surface area contributed by atoms with Crippen LogP contribution in [-0.4, -0.2) is 84.3 Å². The van der Waals surface area contributed by atoms with Crippen LogP contribution in [0.5, 0.6) is 0 Å². The summed E-state index contributed by atoms with van der Waals surface area (Å²) >= 11 is 1.46. The number of thioether (sulfide) groups is 1. The minimum atomic E-state index is -3.52. The number of ether oxygens (including phenoxy) is 1. The van der Waals surface area contributed by atoms with Crippen molar-refractivity contribution in [2.75, 3.05) is 46.2 Å². The van der Waals surface area contributed by atoms with Gasteiger partial charge < -0.3 is 9.64 Å². The molecule has 1 aliphatic rings. The molecule has 0 bridgehead atoms. The molecule has 11 heteroatoms. The monoisotopic (exact) mass is 413 g/mol. The van der Waals surface area contributed by atoms with Gasteiger partial charge in [-0.3, -0.25) is 9.20 Å². The molecule has 1 aliphatic heterocycles. The van der Waals surface area contributed by atoms with Crippen LogP contribution in [0.3, 0.4) is 0 Å². The second-order valence-corrected chi connectivity index (χ2v) is 9.52. The first-order valence-corrected chi connectivity index (χ1v) is 11.1. The van der Waals surface area contributed by atoms with Gasteiger partial charge >= 0.3 is 0 Å². The minimum Gasteiger partial charge on any atom is -0.378 e. The lowest BCUT2D eigenvalue weighted by Crippen LogP contribution is -2.40. The SMILES string of the molecule is CN(C)S(=O)(=O)c1ccc2nnc(SCCCC(=O)N3CCOCC3)n2c1. The van der Waals surface area contributed by atoms with Crippen molar-refractivity contribution in [2.45, 2.75) is 22.9 Å². The van der Waals surface area contributed by atoms with E-state index in [1.165, 1.54) is 42.4 Å². The van der Waals surface area contributed by atoms with E-state index in [-0.39, 0.29) is 10.8 Å². The van der Waals surface area contributed by atoms with Gasteiger partial charge in [-0.25, -0.2) is 12.7 Å². The van der Waals surface area contributed by atoms with E-state index in [2.05, 4.69) is 10.2 Å². The minimum absolute atomic E-state index is 0.143. The second-order valence-electron chi connectivity index (χ2n) is 6.31. The number of carbonyl (C=O) groups excluding carboxylic acids is 1. The fourth-order valence-corrected chi connectivity index (χ4v) is 4.43. The molecule has 0 spiro atoms. The third-order valence-corrected chi connectivity index (χ3v) is 7.08. The smallest absolute Gasteiger partial charge is 0.244 e. The molecule has 1 fully saturated rings. The lowest BCUT2D eigenvalue weighted by Gasteiger charge is -2.26. The lowest BCUT2D eigenvalue weighted by molar-refractivity contribution is -0.135. The molecule has 0 atom stereocenters. The summed E-state index contributed by atoms with van der Waals surface area (Å²) in [6, 6.07) is 3.16. The van der Waals surface area contributed by atoms with E-state index < -0.39 is 10.0 Å². The van der Waals surface area contributed by atoms with Crippen LogP contribution in [0.4, 0.5) is 0 Å². The standard InChI is InChI=1S/C16H23N5O4S2/c1-19(2)27(23,24)13-5-6-14-17-18-16(21(14)12-13)26-11-3-4-15(22)20-7-9-25-10-8-20/h5-6,12H,3-4,7-11H2,1-2H3. The maximum Gasteiger partial charge on any atom is 0.244 e. The van der Waals surface area contributed by atoms with Crippen LogP contribution in [0.15, 0.2) is 28.4 Å². The van der Waals surface area contributed by atoms with Crippen LogP contribution in [-0.2, 0) is 19.6 Å². The number of fused-ring (bicyclic) bond motifs is 1. The number of hydrogen-bond acceptors (Lipinski definition) is 7. The van der Waals surface area contributed by atoms with Crippen LogP contribution in [0.1, 0.15) is 12.8 Å². The number of pyridine rings is 1. The largest absolute Gasteiger partial charge is 0.378 e. The highest BCUT2D eigenvalue weighted by Crippen LogP contribution is 2.21. The number of nitrogens with zero attached hydrogens (tertiary/aromatic N) is 5. The Labute approximate surface area is 162 Å². The lowest BCUT2D eigenvalue weighted by atomic mass is 10.3. The van der Waals surface area contributed by atoms with Crippen LogP contribution in [0.25, 0.3) is 5.65 Å². The summed E-state index contributed by atoms with van der Waals surface area (Å²) in [5, 5.41) is 8.80. The van der Waals surface area contributed by atoms with Gasteiger partial charge in [-0.05, 0) is 18.6 Å². The maximum absolute atomic E-state index is 12.3. The van der Waals surface area contributed by atoms with Gasteiger partial charge in [0.05, 0.1) is 18.1 Å². The summed E-state index contributed by atoms with van der Waals surface area (Å²) in [6.45, 7) is 2.52. The van der Waals surface area contributed by atoms with E-state index in [1.54, 1.807) is 10.5 Å². The average molecular weight is 414 g/mol. The predicted octanol–water partition coefficient (Wildman–Crippen LogP) is 0.711. The highest BCUT2D eigenvalue weighted by Gasteiger charge is 2.19. The molecule has 3 heterocycles. The Hall–Kier alpha value is -1.69. The summed E-state index contributed by atoms with van der Waals surface area (Å²) in [5.74, 6) is 0.839. The number of rotatable bonds is 7. The van der Waals surface area contributed by atoms with Crippen molar-refractivity contribution in [3.8, 4) is 0 Å². The molecule has 9 nitrogen and oxygen atoms in total. The van der Waals surface area contributed by atoms with E-state index >= 15 is 0 Å². The maximum atomic E-state index is 12.3. The Bertz CT molecular complexity index is 907. The van der Waals surface area contributed by atoms with E-state index in [0.29, 0.717) is 55.7 Å². The van der Waals surface area contributed by atoms with Gasteiger partial charge in [0.2, 0.25) is 15.9 Å². The van der Waals surface area contributed by atoms with Crippen molar-refractivity contribution in [2.24, 2.45) is 0 Å². The third-order valence-electron chi connectivity index (χ3n) is 4.25. The van der Waals surface area contributed by atoms with Gasteiger partial charge in [0.15, 0.2) is 10.8 Å². The quantitative estimate of drug-likeness (QED) is 0.487. The Morgan fingerprint density at radius 1 is 1.26 bits per heavy atom. The zero-order chi connectivity index (χ0) is 19.4. The van der Waals surface area contributed by atoms with Crippen molar-refractivity contribution in [1.29, 1.82) is 0 Å². The van der Waals surface area contributed by atoms with E-state index in [1.807, 2.05) is 4.90 Å². The van der Waals surface area contributed by atoms with Crippen molar-refractivity contribution >= 4 is 33.3 Å². The summed E-state index contributed by atoms with van der Waals surface area (Å²) < 4.78 is 32.7. The highest BCUT2D eigenvalue weighted by atomic mass is 32.2. The molecule has 148 valence electrons. The van der Waals surface area contributed by atoms with Gasteiger partial charge in [-0.1, -0.05) is 11.8 Å². The first kappa shape index (κ1) is 20.1. The van der Waals surface area contributed by atoms with Crippen LogP contribution >= 0.6 is 11.8 Å². The van der Waals surface area contributed by atoms with Crippen LogP contribution in [0, 0.1) is 0 Å². The molecule has 0 aliphatic carbocycles. The summed E-state index contributed by atoms with van der Waals surface area (Å²) in [6.07, 6.45) is 2.72. The molecule has 2 aromatic rings. The predicted molar refractivity (Wildman–Crippen MR) is 101 cm³/mol. The number of carbonyl (C=O) groups is 1. The van der Waals surface area contributed by atoms with Crippen molar-refractivity contribution in [1.82, 2.24) is 23.8 Å². The Morgan fingerprint density at radius 2 is 2.00 bits per heavy atom. The number of amides is 1. The van der Waals surface area contributed by atoms with Gasteiger partial charge in [0.1, 0.15) is 0 Å². The van der Waals surface area contributed by atoms with Gasteiger partial charge in [-0.15, -0.1) is 10.2 Å². The van der Waals surface area contributed by atoms with Crippen molar-refractivity contribution < 1.29 is 17.9 Å². The van der Waals surface area contributed by atoms with Crippen molar-refractivity contribution in [3.05, 3.63) is 18.3 Å². The molecule has 0 aromatic carbocycles.